The Morgan fingerprint density at radius 2 is 2.19 bits per heavy atom. The van der Waals surface area contributed by atoms with Crippen molar-refractivity contribution in [2.24, 2.45) is 5.16 Å². The number of aliphatic carboxylic acids is 1. The van der Waals surface area contributed by atoms with Crippen molar-refractivity contribution in [2.45, 2.75) is 23.4 Å². The minimum absolute atomic E-state index is 0. The summed E-state index contributed by atoms with van der Waals surface area (Å²) >= 11 is 1.95. The van der Waals surface area contributed by atoms with Crippen LogP contribution < -0.4 is 45.7 Å². The molecule has 2 aliphatic heterocycles. The minimum Gasteiger partial charge on any atom is -0.544 e. The third-order valence-electron chi connectivity index (χ3n) is 4.35. The first-order valence-corrected chi connectivity index (χ1v) is 10.4. The molecule has 0 spiro atoms. The van der Waals surface area contributed by atoms with E-state index in [1.54, 1.807) is 0 Å². The molecule has 31 heavy (non-hydrogen) atoms. The minimum atomic E-state index is -2.41. The molecular weight excluding hydrogens is 465 g/mol. The van der Waals surface area contributed by atoms with E-state index in [-0.39, 0.29) is 58.9 Å². The van der Waals surface area contributed by atoms with E-state index in [1.165, 1.54) is 18.7 Å². The van der Waals surface area contributed by atoms with Crippen LogP contribution in [-0.2, 0) is 33.6 Å². The van der Waals surface area contributed by atoms with Gasteiger partial charge in [0.2, 0.25) is 0 Å². The number of amides is 2. The number of nitrogens with zero attached hydrogens (tertiary/aromatic N) is 3. The third kappa shape index (κ3) is 4.51. The molecule has 1 aromatic rings. The molecule has 1 aromatic heterocycles. The van der Waals surface area contributed by atoms with E-state index in [9.17, 15) is 24.3 Å². The number of anilines is 1. The van der Waals surface area contributed by atoms with E-state index in [0.29, 0.717) is 5.06 Å². The second-order valence-electron chi connectivity index (χ2n) is 6.10. The van der Waals surface area contributed by atoms with E-state index >= 15 is 0 Å². The van der Waals surface area contributed by atoms with Crippen LogP contribution >= 0.6 is 23.1 Å². The summed E-state index contributed by atoms with van der Waals surface area (Å²) in [5.74, 6) is -4.43. The van der Waals surface area contributed by atoms with Gasteiger partial charge in [-0.05, 0) is 6.26 Å². The molecule has 2 aliphatic rings. The molecule has 16 heteroatoms. The summed E-state index contributed by atoms with van der Waals surface area (Å²) in [7, 11) is 1.22. The number of cyclic esters (lactones) is 1. The molecule has 3 N–H and O–H groups in total. The Morgan fingerprint density at radius 3 is 2.68 bits per heavy atom. The van der Waals surface area contributed by atoms with Crippen molar-refractivity contribution in [3.63, 3.8) is 0 Å². The predicted octanol–water partition coefficient (Wildman–Crippen LogP) is -5.19. The molecule has 162 valence electrons. The van der Waals surface area contributed by atoms with Crippen molar-refractivity contribution in [1.29, 1.82) is 0 Å². The molecule has 0 aliphatic carbocycles. The Bertz CT molecular complexity index is 942. The van der Waals surface area contributed by atoms with Gasteiger partial charge >= 0.3 is 35.5 Å². The monoisotopic (exact) mass is 481 g/mol. The zero-order chi connectivity index (χ0) is 22.1. The molecule has 2 atom stereocenters. The average molecular weight is 481 g/mol. The molecule has 0 saturated carbocycles. The van der Waals surface area contributed by atoms with Crippen LogP contribution in [0.3, 0.4) is 0 Å². The predicted molar refractivity (Wildman–Crippen MR) is 100 cm³/mol. The molecule has 2 unspecified atom stereocenters. The number of nitrogens with one attached hydrogen (secondary N) is 1. The fraction of sp³-hybridized carbons (Fsp3) is 0.467. The van der Waals surface area contributed by atoms with Gasteiger partial charge in [0.15, 0.2) is 15.7 Å². The maximum Gasteiger partial charge on any atom is 1.00 e. The molecule has 0 radical (unpaired) electrons. The second-order valence-corrected chi connectivity index (χ2v) is 8.09. The van der Waals surface area contributed by atoms with Crippen molar-refractivity contribution >= 4 is 57.7 Å². The summed E-state index contributed by atoms with van der Waals surface area (Å²) in [5.41, 5.74) is 3.03. The van der Waals surface area contributed by atoms with Gasteiger partial charge in [-0.25, -0.2) is 4.98 Å². The molecule has 3 heterocycles. The van der Waals surface area contributed by atoms with Gasteiger partial charge < -0.3 is 30.5 Å². The number of carbonyl (C=O) groups excluding carboxylic acids is 4. The summed E-state index contributed by atoms with van der Waals surface area (Å²) in [6, 6.07) is 0. The fourth-order valence-corrected chi connectivity index (χ4v) is 4.03. The zero-order valence-electron chi connectivity index (χ0n) is 16.7. The quantitative estimate of drug-likeness (QED) is 0.125. The van der Waals surface area contributed by atoms with Crippen molar-refractivity contribution in [2.75, 3.05) is 25.7 Å². The first-order valence-electron chi connectivity index (χ1n) is 8.30. The molecular formula is C15H16N5NaO8S2. The van der Waals surface area contributed by atoms with Gasteiger partial charge in [0.25, 0.3) is 17.5 Å². The van der Waals surface area contributed by atoms with E-state index in [4.69, 9.17) is 15.3 Å². The molecule has 2 amide bonds. The number of carboxylic acids is 1. The second kappa shape index (κ2) is 9.70. The van der Waals surface area contributed by atoms with Crippen LogP contribution in [0.4, 0.5) is 5.13 Å². The van der Waals surface area contributed by atoms with Crippen LogP contribution in [0.1, 0.15) is 18.5 Å². The maximum absolute atomic E-state index is 13.1. The number of thiazole rings is 1. The Hall–Kier alpha value is -1.91. The van der Waals surface area contributed by atoms with Gasteiger partial charge in [-0.3, -0.25) is 19.2 Å². The molecule has 0 bridgehead atoms. The number of carbonyl (C=O) groups is 4. The van der Waals surface area contributed by atoms with Crippen molar-refractivity contribution in [3.05, 3.63) is 11.1 Å². The number of oxime groups is 1. The number of nitrogens with two attached hydrogens (primary N) is 1. The largest absolute Gasteiger partial charge is 1.00 e. The van der Waals surface area contributed by atoms with E-state index in [0.717, 1.165) is 23.1 Å². The standard InChI is InChI=1S/C15H17N5O8S2.Na/c1-26-19-9(7-5-30-13(16)17-7)10(22)18-14(29-2)6-27-20(11(14)23)15(12(24)25)4-3-8(21)28-15;/h5H,3-4,6H2,1-2H3,(H2,16,17)(H,18,22)(H,24,25);/q;+1/p-1. The number of rotatable bonds is 7. The van der Waals surface area contributed by atoms with E-state index in [2.05, 4.69) is 20.3 Å². The van der Waals surface area contributed by atoms with E-state index in [1.807, 2.05) is 0 Å². The van der Waals surface area contributed by atoms with Gasteiger partial charge in [-0.2, -0.15) is 5.06 Å². The third-order valence-corrected chi connectivity index (χ3v) is 6.12. The molecule has 13 nitrogen and oxygen atoms in total. The Labute approximate surface area is 205 Å². The SMILES string of the molecule is CON=C(C(=O)NC1(SC)CON(C2(C(=O)[O-])CCC(=O)O2)C1=O)c1csc(N)n1.[Na+]. The number of hydroxylamine groups is 2. The summed E-state index contributed by atoms with van der Waals surface area (Å²) in [4.78, 5) is 61.3. The summed E-state index contributed by atoms with van der Waals surface area (Å²) in [5, 5.41) is 19.9. The normalized spacial score (nSPS) is 25.7. The first-order chi connectivity index (χ1) is 14.2. The van der Waals surface area contributed by atoms with Gasteiger partial charge in [0.1, 0.15) is 25.4 Å². The summed E-state index contributed by atoms with van der Waals surface area (Å²) < 4.78 is 4.86. The number of hydrogen-bond donors (Lipinski definition) is 2. The average Bonchev–Trinajstić information content (AvgIpc) is 3.39. The number of carboxylic acid groups (broad SMARTS) is 1. The van der Waals surface area contributed by atoms with Gasteiger partial charge in [-0.15, -0.1) is 23.1 Å². The van der Waals surface area contributed by atoms with Gasteiger partial charge in [0.05, 0.1) is 6.42 Å². The van der Waals surface area contributed by atoms with Crippen LogP contribution in [0.15, 0.2) is 10.5 Å². The van der Waals surface area contributed by atoms with Gasteiger partial charge in [-0.1, -0.05) is 5.16 Å². The Balaban J connectivity index is 0.00000341. The number of hydrogen-bond acceptors (Lipinski definition) is 13. The summed E-state index contributed by atoms with van der Waals surface area (Å²) in [6.45, 7) is -0.440. The fourth-order valence-electron chi connectivity index (χ4n) is 2.86. The molecule has 2 saturated heterocycles. The molecule has 3 rings (SSSR count). The maximum atomic E-state index is 13.1. The van der Waals surface area contributed by atoms with Gasteiger partial charge in [0, 0.05) is 11.8 Å². The van der Waals surface area contributed by atoms with Crippen LogP contribution in [0.5, 0.6) is 0 Å². The number of esters is 1. The van der Waals surface area contributed by atoms with Crippen molar-refractivity contribution in [1.82, 2.24) is 15.4 Å². The van der Waals surface area contributed by atoms with E-state index < -0.39 is 41.0 Å². The zero-order valence-corrected chi connectivity index (χ0v) is 20.3. The van der Waals surface area contributed by atoms with Crippen molar-refractivity contribution in [3.8, 4) is 0 Å². The Kier molecular flexibility index (Phi) is 7.94. The van der Waals surface area contributed by atoms with Crippen LogP contribution in [-0.4, -0.2) is 70.1 Å². The number of aromatic nitrogens is 1. The number of thioether (sulfide) groups is 1. The number of nitrogen functional groups attached to an aromatic ring is 1. The number of ether oxygens (including phenoxy) is 1. The smallest absolute Gasteiger partial charge is 0.544 e. The Morgan fingerprint density at radius 1 is 1.48 bits per heavy atom. The summed E-state index contributed by atoms with van der Waals surface area (Å²) in [6.07, 6.45) is 0.911. The molecule has 0 aromatic carbocycles. The van der Waals surface area contributed by atoms with Crippen LogP contribution in [0.25, 0.3) is 0 Å². The van der Waals surface area contributed by atoms with Crippen molar-refractivity contribution < 1.29 is 68.3 Å². The topological polar surface area (TPSA) is 186 Å². The molecule has 2 fully saturated rings. The first kappa shape index (κ1) is 25.4. The van der Waals surface area contributed by atoms with Crippen LogP contribution in [0, 0.1) is 0 Å². The van der Waals surface area contributed by atoms with Crippen LogP contribution in [0.2, 0.25) is 0 Å².